The Labute approximate surface area is 229 Å². The Morgan fingerprint density at radius 3 is 2.41 bits per heavy atom. The third kappa shape index (κ3) is 4.21. The molecule has 4 rings (SSSR count). The number of likely N-dealkylation sites (N-methyl/N-ethyl adjacent to an activating group) is 1. The van der Waals surface area contributed by atoms with Gasteiger partial charge in [0, 0.05) is 30.1 Å². The zero-order chi connectivity index (χ0) is 29.0. The molecule has 39 heavy (non-hydrogen) atoms. The van der Waals surface area contributed by atoms with Gasteiger partial charge in [-0.2, -0.15) is 11.8 Å². The first-order chi connectivity index (χ1) is 18.3. The number of esters is 1. The second-order valence-corrected chi connectivity index (χ2v) is 11.4. The van der Waals surface area contributed by atoms with Crippen molar-refractivity contribution in [3.05, 3.63) is 52.0 Å². The summed E-state index contributed by atoms with van der Waals surface area (Å²) in [5.41, 5.74) is 1.49. The highest BCUT2D eigenvalue weighted by molar-refractivity contribution is 7.99. The number of thioether (sulfide) groups is 1. The smallest absolute Gasteiger partial charge is 0.302 e. The summed E-state index contributed by atoms with van der Waals surface area (Å²) in [4.78, 5) is 53.6. The van der Waals surface area contributed by atoms with Gasteiger partial charge < -0.3 is 30.9 Å². The molecule has 0 bridgehead atoms. The summed E-state index contributed by atoms with van der Waals surface area (Å²) in [6.45, 7) is 3.12. The maximum Gasteiger partial charge on any atom is 0.302 e. The summed E-state index contributed by atoms with van der Waals surface area (Å²) in [6.07, 6.45) is -0.554. The van der Waals surface area contributed by atoms with Crippen molar-refractivity contribution in [1.82, 2.24) is 4.90 Å². The van der Waals surface area contributed by atoms with E-state index in [4.69, 9.17) is 10.5 Å². The van der Waals surface area contributed by atoms with Gasteiger partial charge in [0.05, 0.1) is 17.5 Å². The predicted octanol–water partition coefficient (Wildman–Crippen LogP) is 1.35. The van der Waals surface area contributed by atoms with Gasteiger partial charge in [0.25, 0.3) is 5.91 Å². The van der Waals surface area contributed by atoms with E-state index in [1.807, 2.05) is 6.92 Å². The minimum atomic E-state index is -2.95. The Hall–Kier alpha value is -3.35. The van der Waals surface area contributed by atoms with Crippen molar-refractivity contribution in [3.8, 4) is 5.75 Å². The van der Waals surface area contributed by atoms with Crippen LogP contribution in [0.2, 0.25) is 0 Å². The first-order valence-electron chi connectivity index (χ1n) is 12.5. The van der Waals surface area contributed by atoms with Crippen LogP contribution in [-0.4, -0.2) is 92.1 Å². The molecule has 0 spiro atoms. The number of nitrogens with two attached hydrogens (primary N) is 1. The first-order valence-corrected chi connectivity index (χ1v) is 13.7. The molecule has 11 nitrogen and oxygen atoms in total. The molecule has 6 atom stereocenters. The molecule has 0 radical (unpaired) electrons. The highest BCUT2D eigenvalue weighted by Gasteiger charge is 2.68. The summed E-state index contributed by atoms with van der Waals surface area (Å²) < 4.78 is 5.75. The van der Waals surface area contributed by atoms with E-state index in [-0.39, 0.29) is 11.3 Å². The highest BCUT2D eigenvalue weighted by Crippen LogP contribution is 2.57. The predicted molar refractivity (Wildman–Crippen MR) is 141 cm³/mol. The van der Waals surface area contributed by atoms with Crippen molar-refractivity contribution < 1.29 is 44.3 Å². The van der Waals surface area contributed by atoms with Crippen LogP contribution in [0.4, 0.5) is 0 Å². The van der Waals surface area contributed by atoms with Gasteiger partial charge in [0.2, 0.25) is 5.78 Å². The van der Waals surface area contributed by atoms with Gasteiger partial charge in [-0.15, -0.1) is 0 Å². The van der Waals surface area contributed by atoms with Gasteiger partial charge in [0.15, 0.2) is 11.4 Å². The molecule has 6 N–H and O–H groups in total. The molecule has 0 fully saturated rings. The second kappa shape index (κ2) is 10.3. The van der Waals surface area contributed by atoms with Crippen LogP contribution in [0.1, 0.15) is 42.1 Å². The number of carbonyl (C=O) groups is 4. The molecule has 0 aromatic heterocycles. The first kappa shape index (κ1) is 28.7. The summed E-state index contributed by atoms with van der Waals surface area (Å²) >= 11 is 1.55. The lowest BCUT2D eigenvalue weighted by Gasteiger charge is -2.54. The van der Waals surface area contributed by atoms with Gasteiger partial charge in [-0.3, -0.25) is 24.1 Å². The monoisotopic (exact) mass is 560 g/mol. The van der Waals surface area contributed by atoms with Gasteiger partial charge >= 0.3 is 5.97 Å². The normalized spacial score (nSPS) is 30.2. The van der Waals surface area contributed by atoms with E-state index in [0.29, 0.717) is 11.3 Å². The molecular weight excluding hydrogens is 528 g/mol. The van der Waals surface area contributed by atoms with E-state index in [1.165, 1.54) is 25.1 Å². The molecule has 0 saturated carbocycles. The van der Waals surface area contributed by atoms with Gasteiger partial charge in [-0.05, 0) is 37.9 Å². The quantitative estimate of drug-likeness (QED) is 0.184. The standard InChI is InChI=1S/C27H32N2O9S/c1-5-9-39-10-13-12-7-6-8-14(31)15(12)21(32)17-16(13)23(38-11(2)30)19-20(29(3)4)22(33)18(26(28)36)25(35)27(19,37)24(17)34/h6-8,13,16,19-20,23,31,33-34,37H,5,9-10H2,1-4H3,(H2,28,36)/t13-,16+,19-,20+,23-,27+/m1/s1. The molecule has 0 heterocycles. The van der Waals surface area contributed by atoms with Crippen LogP contribution >= 0.6 is 11.8 Å². The number of aliphatic hydroxyl groups excluding tert-OH is 2. The maximum absolute atomic E-state index is 13.9. The van der Waals surface area contributed by atoms with Crippen molar-refractivity contribution in [2.24, 2.45) is 17.6 Å². The van der Waals surface area contributed by atoms with Crippen LogP contribution in [0.15, 0.2) is 40.9 Å². The molecule has 0 unspecified atom stereocenters. The minimum Gasteiger partial charge on any atom is -0.510 e. The number of aromatic hydroxyl groups is 1. The number of hydrogen-bond acceptors (Lipinski definition) is 11. The fraction of sp³-hybridized carbons (Fsp3) is 0.481. The number of ketones is 2. The van der Waals surface area contributed by atoms with Crippen molar-refractivity contribution in [1.29, 1.82) is 0 Å². The number of carbonyl (C=O) groups excluding carboxylic acids is 4. The Morgan fingerprint density at radius 1 is 1.18 bits per heavy atom. The average molecular weight is 561 g/mol. The van der Waals surface area contributed by atoms with Crippen LogP contribution < -0.4 is 5.73 Å². The van der Waals surface area contributed by atoms with Crippen LogP contribution in [0.5, 0.6) is 5.75 Å². The lowest BCUT2D eigenvalue weighted by molar-refractivity contribution is -0.179. The number of phenolic OH excluding ortho intramolecular Hbond substituents is 1. The highest BCUT2D eigenvalue weighted by atomic mass is 32.2. The number of primary amides is 1. The van der Waals surface area contributed by atoms with E-state index in [0.717, 1.165) is 19.1 Å². The van der Waals surface area contributed by atoms with Gasteiger partial charge in [0.1, 0.15) is 28.9 Å². The lowest BCUT2D eigenvalue weighted by atomic mass is 9.55. The Morgan fingerprint density at radius 2 is 1.85 bits per heavy atom. The number of amides is 1. The van der Waals surface area contributed by atoms with E-state index >= 15 is 0 Å². The molecule has 0 saturated heterocycles. The summed E-state index contributed by atoms with van der Waals surface area (Å²) in [5, 5.41) is 45.4. The van der Waals surface area contributed by atoms with Crippen LogP contribution in [0.25, 0.3) is 0 Å². The zero-order valence-electron chi connectivity index (χ0n) is 22.0. The van der Waals surface area contributed by atoms with E-state index in [1.54, 1.807) is 23.9 Å². The molecule has 1 aromatic rings. The topological polar surface area (TPSA) is 188 Å². The number of ether oxygens (including phenoxy) is 1. The van der Waals surface area contributed by atoms with Crippen molar-refractivity contribution in [2.75, 3.05) is 25.6 Å². The number of phenols is 1. The second-order valence-electron chi connectivity index (χ2n) is 10.3. The number of Topliss-reactive ketones (excluding diaryl/α,β-unsaturated/α-hetero) is 2. The number of fused-ring (bicyclic) bond motifs is 3. The number of aliphatic hydroxyl groups is 3. The molecule has 3 aliphatic rings. The van der Waals surface area contributed by atoms with Crippen molar-refractivity contribution in [2.45, 2.75) is 43.9 Å². The van der Waals surface area contributed by atoms with E-state index in [2.05, 4.69) is 0 Å². The molecule has 1 amide bonds. The SMILES string of the molecule is CCCSC[C@@H]1c2cccc(O)c2C(=O)C2=C(O)[C@]3(O)C(=O)C(C(N)=O)=C(O)[C@@H](N(C)C)[C@@H]3[C@H](OC(C)=O)[C@H]21. The van der Waals surface area contributed by atoms with Crippen LogP contribution in [0, 0.1) is 11.8 Å². The molecule has 12 heteroatoms. The third-order valence-corrected chi connectivity index (χ3v) is 9.01. The van der Waals surface area contributed by atoms with Crippen molar-refractivity contribution in [3.63, 3.8) is 0 Å². The van der Waals surface area contributed by atoms with Crippen LogP contribution in [-0.2, 0) is 19.1 Å². The van der Waals surface area contributed by atoms with E-state index in [9.17, 15) is 39.6 Å². The Balaban J connectivity index is 2.10. The molecule has 3 aliphatic carbocycles. The Kier molecular flexibility index (Phi) is 7.58. The number of nitrogens with zero attached hydrogens (tertiary/aromatic N) is 1. The summed E-state index contributed by atoms with van der Waals surface area (Å²) in [7, 11) is 3.01. The minimum absolute atomic E-state index is 0.0954. The van der Waals surface area contributed by atoms with Gasteiger partial charge in [-0.1, -0.05) is 19.1 Å². The van der Waals surface area contributed by atoms with E-state index < -0.39 is 81.6 Å². The molecule has 210 valence electrons. The number of benzene rings is 1. The molecule has 1 aromatic carbocycles. The zero-order valence-corrected chi connectivity index (χ0v) is 22.8. The lowest BCUT2D eigenvalue weighted by Crippen LogP contribution is -2.69. The molecule has 0 aliphatic heterocycles. The summed E-state index contributed by atoms with van der Waals surface area (Å²) in [6, 6.07) is 3.25. The molecular formula is C27H32N2O9S. The number of hydrogen-bond donors (Lipinski definition) is 5. The largest absolute Gasteiger partial charge is 0.510 e. The Bertz CT molecular complexity index is 1320. The maximum atomic E-state index is 13.9. The van der Waals surface area contributed by atoms with Crippen LogP contribution in [0.3, 0.4) is 0 Å². The fourth-order valence-electron chi connectivity index (χ4n) is 6.26. The fourth-order valence-corrected chi connectivity index (χ4v) is 7.36. The van der Waals surface area contributed by atoms with Gasteiger partial charge in [-0.25, -0.2) is 0 Å². The summed E-state index contributed by atoms with van der Waals surface area (Å²) in [5.74, 6) is -8.53. The number of rotatable bonds is 7. The third-order valence-electron chi connectivity index (χ3n) is 7.72. The average Bonchev–Trinajstić information content (AvgIpc) is 2.84. The van der Waals surface area contributed by atoms with Crippen molar-refractivity contribution >= 4 is 35.2 Å².